The molecule has 1 heterocycles. The lowest BCUT2D eigenvalue weighted by molar-refractivity contribution is -0.118. The second kappa shape index (κ2) is 12.1. The van der Waals surface area contributed by atoms with Crippen molar-refractivity contribution >= 4 is 28.7 Å². The van der Waals surface area contributed by atoms with Crippen molar-refractivity contribution < 1.29 is 19.1 Å². The van der Waals surface area contributed by atoms with Crippen LogP contribution in [-0.4, -0.2) is 38.9 Å². The summed E-state index contributed by atoms with van der Waals surface area (Å²) in [5.74, 6) is 0.234. The van der Waals surface area contributed by atoms with Crippen molar-refractivity contribution in [1.82, 2.24) is 14.9 Å². The number of nitrogens with zero attached hydrogens (tertiary/aromatic N) is 2. The predicted molar refractivity (Wildman–Crippen MR) is 162 cm³/mol. The zero-order valence-corrected chi connectivity index (χ0v) is 25.0. The second-order valence-corrected chi connectivity index (χ2v) is 11.6. The summed E-state index contributed by atoms with van der Waals surface area (Å²) < 4.78 is 7.80. The number of nitrogens with one attached hydrogen (secondary N) is 1. The van der Waals surface area contributed by atoms with Gasteiger partial charge in [0.2, 0.25) is 0 Å². The Hall–Kier alpha value is -4.26. The van der Waals surface area contributed by atoms with Gasteiger partial charge in [-0.15, -0.1) is 0 Å². The zero-order valence-electron chi connectivity index (χ0n) is 25.0. The van der Waals surface area contributed by atoms with Crippen molar-refractivity contribution in [3.8, 4) is 11.1 Å². The normalized spacial score (nSPS) is 12.3. The third-order valence-electron chi connectivity index (χ3n) is 6.97. The molecule has 214 valence electrons. The number of fused-ring (bicyclic) bond motifs is 1. The third kappa shape index (κ3) is 6.91. The Bertz CT molecular complexity index is 1590. The van der Waals surface area contributed by atoms with Gasteiger partial charge in [0.1, 0.15) is 11.4 Å². The molecule has 0 bridgehead atoms. The molecule has 0 aliphatic rings. The third-order valence-corrected chi connectivity index (χ3v) is 6.97. The molecular weight excluding hydrogens is 514 g/mol. The Morgan fingerprint density at radius 1 is 1.02 bits per heavy atom. The van der Waals surface area contributed by atoms with E-state index in [2.05, 4.69) is 28.9 Å². The summed E-state index contributed by atoms with van der Waals surface area (Å²) in [6, 6.07) is 18.8. The molecule has 1 unspecified atom stereocenters. The Kier molecular flexibility index (Phi) is 8.76. The zero-order chi connectivity index (χ0) is 29.9. The minimum atomic E-state index is -0.581. The van der Waals surface area contributed by atoms with Gasteiger partial charge in [0.25, 0.3) is 5.91 Å². The number of ketones is 1. The molecule has 1 N–H and O–H groups in total. The summed E-state index contributed by atoms with van der Waals surface area (Å²) in [6.45, 7) is 13.4. The average molecular weight is 554 g/mol. The predicted octanol–water partition coefficient (Wildman–Crippen LogP) is 6.68. The van der Waals surface area contributed by atoms with Gasteiger partial charge >= 0.3 is 5.97 Å². The number of rotatable bonds is 9. The molecule has 1 atom stereocenters. The summed E-state index contributed by atoms with van der Waals surface area (Å²) in [5, 5.41) is 2.78. The van der Waals surface area contributed by atoms with Crippen molar-refractivity contribution in [2.24, 2.45) is 0 Å². The van der Waals surface area contributed by atoms with Crippen LogP contribution in [0.2, 0.25) is 0 Å². The molecule has 41 heavy (non-hydrogen) atoms. The van der Waals surface area contributed by atoms with Gasteiger partial charge in [0, 0.05) is 18.5 Å². The highest BCUT2D eigenvalue weighted by Crippen LogP contribution is 2.28. The quantitative estimate of drug-likeness (QED) is 0.234. The molecule has 4 rings (SSSR count). The summed E-state index contributed by atoms with van der Waals surface area (Å²) >= 11 is 0. The monoisotopic (exact) mass is 553 g/mol. The van der Waals surface area contributed by atoms with Gasteiger partial charge in [0.15, 0.2) is 5.78 Å². The van der Waals surface area contributed by atoms with Crippen molar-refractivity contribution in [3.63, 3.8) is 0 Å². The molecule has 1 amide bonds. The molecule has 0 fully saturated rings. The minimum absolute atomic E-state index is 0.0939. The maximum atomic E-state index is 13.0. The van der Waals surface area contributed by atoms with E-state index < -0.39 is 11.6 Å². The molecule has 7 nitrogen and oxygen atoms in total. The standard InChI is InChI=1S/C34H39N3O4/c1-8-11-30-36-31-21(2)18-26(32(39)35-22(3)23(4)38)19-29(31)37(30)20-24-14-16-25(17-15-24)27-12-9-10-13-28(27)33(40)41-34(5,6)7/h9-10,12-19,22H,8,11,20H2,1-7H3,(H,35,39). The molecule has 0 saturated heterocycles. The molecule has 0 spiro atoms. The van der Waals surface area contributed by atoms with Crippen molar-refractivity contribution in [3.05, 3.63) is 88.7 Å². The lowest BCUT2D eigenvalue weighted by Crippen LogP contribution is -2.37. The Balaban J connectivity index is 1.68. The molecule has 0 saturated carbocycles. The summed E-state index contributed by atoms with van der Waals surface area (Å²) in [4.78, 5) is 42.5. The summed E-state index contributed by atoms with van der Waals surface area (Å²) in [6.07, 6.45) is 1.74. The number of carbonyl (C=O) groups excluding carboxylic acids is 3. The van der Waals surface area contributed by atoms with Crippen molar-refractivity contribution in [2.45, 2.75) is 79.5 Å². The first-order valence-corrected chi connectivity index (χ1v) is 14.1. The minimum Gasteiger partial charge on any atom is -0.456 e. The van der Waals surface area contributed by atoms with E-state index >= 15 is 0 Å². The van der Waals surface area contributed by atoms with Crippen LogP contribution in [-0.2, 0) is 22.5 Å². The van der Waals surface area contributed by atoms with E-state index in [1.165, 1.54) is 6.92 Å². The maximum Gasteiger partial charge on any atom is 0.339 e. The van der Waals surface area contributed by atoms with Crippen LogP contribution in [0, 0.1) is 6.92 Å². The van der Waals surface area contributed by atoms with Crippen LogP contribution in [0.5, 0.6) is 0 Å². The fraction of sp³-hybridized carbons (Fsp3) is 0.353. The fourth-order valence-electron chi connectivity index (χ4n) is 4.76. The van der Waals surface area contributed by atoms with Gasteiger partial charge in [-0.3, -0.25) is 9.59 Å². The van der Waals surface area contributed by atoms with E-state index in [0.29, 0.717) is 17.7 Å². The van der Waals surface area contributed by atoms with E-state index in [4.69, 9.17) is 9.72 Å². The molecule has 3 aromatic carbocycles. The smallest absolute Gasteiger partial charge is 0.339 e. The SMILES string of the molecule is CCCc1nc2c(C)cc(C(=O)NC(C)C(C)=O)cc2n1Cc1ccc(-c2ccccc2C(=O)OC(C)(C)C)cc1. The number of amides is 1. The number of hydrogen-bond donors (Lipinski definition) is 1. The van der Waals surface area contributed by atoms with Crippen LogP contribution < -0.4 is 5.32 Å². The molecule has 4 aromatic rings. The topological polar surface area (TPSA) is 90.3 Å². The first-order chi connectivity index (χ1) is 19.4. The highest BCUT2D eigenvalue weighted by molar-refractivity contribution is 6.00. The number of ether oxygens (including phenoxy) is 1. The van der Waals surface area contributed by atoms with Crippen LogP contribution in [0.25, 0.3) is 22.2 Å². The number of Topliss-reactive ketones (excluding diaryl/α,β-unsaturated/α-hetero) is 1. The fourth-order valence-corrected chi connectivity index (χ4v) is 4.76. The van der Waals surface area contributed by atoms with Crippen LogP contribution in [0.3, 0.4) is 0 Å². The molecule has 0 aliphatic carbocycles. The van der Waals surface area contributed by atoms with Gasteiger partial charge in [-0.05, 0) is 88.4 Å². The highest BCUT2D eigenvalue weighted by atomic mass is 16.6. The number of benzene rings is 3. The van der Waals surface area contributed by atoms with E-state index in [0.717, 1.165) is 52.0 Å². The van der Waals surface area contributed by atoms with Gasteiger partial charge in [-0.1, -0.05) is 49.4 Å². The van der Waals surface area contributed by atoms with E-state index in [1.54, 1.807) is 13.0 Å². The molecule has 7 heteroatoms. The Morgan fingerprint density at radius 2 is 1.71 bits per heavy atom. The number of imidazole rings is 1. The van der Waals surface area contributed by atoms with E-state index in [1.807, 2.05) is 70.2 Å². The van der Waals surface area contributed by atoms with Crippen molar-refractivity contribution in [2.75, 3.05) is 0 Å². The number of carbonyl (C=O) groups is 3. The highest BCUT2D eigenvalue weighted by Gasteiger charge is 2.21. The van der Waals surface area contributed by atoms with Gasteiger partial charge in [0.05, 0.1) is 22.6 Å². The van der Waals surface area contributed by atoms with Gasteiger partial charge in [-0.25, -0.2) is 9.78 Å². The summed E-state index contributed by atoms with van der Waals surface area (Å²) in [5.41, 5.74) is 5.92. The number of aryl methyl sites for hydroxylation is 2. The first kappa shape index (κ1) is 29.7. The largest absolute Gasteiger partial charge is 0.456 e. The molecule has 1 aromatic heterocycles. The number of hydrogen-bond acceptors (Lipinski definition) is 5. The lowest BCUT2D eigenvalue weighted by atomic mass is 9.98. The van der Waals surface area contributed by atoms with Crippen LogP contribution in [0.15, 0.2) is 60.7 Å². The average Bonchev–Trinajstić information content (AvgIpc) is 3.25. The van der Waals surface area contributed by atoms with Crippen LogP contribution in [0.1, 0.15) is 85.6 Å². The lowest BCUT2D eigenvalue weighted by Gasteiger charge is -2.20. The van der Waals surface area contributed by atoms with Crippen molar-refractivity contribution in [1.29, 1.82) is 0 Å². The number of esters is 1. The maximum absolute atomic E-state index is 13.0. The van der Waals surface area contributed by atoms with Gasteiger partial charge < -0.3 is 14.6 Å². The van der Waals surface area contributed by atoms with Crippen LogP contribution in [0.4, 0.5) is 0 Å². The van der Waals surface area contributed by atoms with Crippen LogP contribution >= 0.6 is 0 Å². The Labute approximate surface area is 241 Å². The number of aromatic nitrogens is 2. The second-order valence-electron chi connectivity index (χ2n) is 11.6. The Morgan fingerprint density at radius 3 is 2.34 bits per heavy atom. The molecule has 0 radical (unpaired) electrons. The molecular formula is C34H39N3O4. The summed E-state index contributed by atoms with van der Waals surface area (Å²) in [7, 11) is 0. The van der Waals surface area contributed by atoms with E-state index in [-0.39, 0.29) is 17.7 Å². The van der Waals surface area contributed by atoms with E-state index in [9.17, 15) is 14.4 Å². The first-order valence-electron chi connectivity index (χ1n) is 14.1. The molecule has 0 aliphatic heterocycles. The van der Waals surface area contributed by atoms with Gasteiger partial charge in [-0.2, -0.15) is 0 Å².